The second kappa shape index (κ2) is 35.8. The van der Waals surface area contributed by atoms with Crippen LogP contribution in [0.3, 0.4) is 0 Å². The fourth-order valence-electron chi connectivity index (χ4n) is 5.42. The first-order valence-electron chi connectivity index (χ1n) is 20.4. The summed E-state index contributed by atoms with van der Waals surface area (Å²) >= 11 is 0. The lowest BCUT2D eigenvalue weighted by molar-refractivity contribution is -0.161. The van der Waals surface area contributed by atoms with Crippen LogP contribution in [0.5, 0.6) is 0 Å². The molecule has 0 aromatic carbocycles. The van der Waals surface area contributed by atoms with Gasteiger partial charge < -0.3 is 29.7 Å². The van der Waals surface area contributed by atoms with Crippen molar-refractivity contribution in [3.05, 3.63) is 36.5 Å². The molecule has 0 amide bonds. The minimum atomic E-state index is -4.64. The van der Waals surface area contributed by atoms with Crippen molar-refractivity contribution >= 4 is 19.8 Å². The third-order valence-electron chi connectivity index (χ3n) is 8.59. The number of ether oxygens (including phenoxy) is 2. The van der Waals surface area contributed by atoms with E-state index in [9.17, 15) is 29.3 Å². The molecule has 0 radical (unpaired) electrons. The summed E-state index contributed by atoms with van der Waals surface area (Å²) in [5.41, 5.74) is 0. The molecule has 2 unspecified atom stereocenters. The average molecular weight is 775 g/mol. The molecule has 0 aromatic rings. The van der Waals surface area contributed by atoms with E-state index in [1.54, 1.807) is 6.08 Å². The summed E-state index contributed by atoms with van der Waals surface area (Å²) in [5, 5.41) is 28.4. The molecule has 0 aliphatic rings. The third-order valence-corrected chi connectivity index (χ3v) is 9.54. The first kappa shape index (κ1) is 51.1. The molecule has 4 N–H and O–H groups in total. The van der Waals surface area contributed by atoms with Gasteiger partial charge in [-0.3, -0.25) is 18.6 Å². The molecule has 4 atom stereocenters. The fraction of sp³-hybridized carbons (Fsp3) is 0.805. The van der Waals surface area contributed by atoms with E-state index in [0.29, 0.717) is 19.3 Å². The molecule has 0 bridgehead atoms. The van der Waals surface area contributed by atoms with Gasteiger partial charge in [0, 0.05) is 12.8 Å². The van der Waals surface area contributed by atoms with Crippen molar-refractivity contribution < 1.29 is 52.9 Å². The number of phosphoric acid groups is 1. The lowest BCUT2D eigenvalue weighted by atomic mass is 10.0. The van der Waals surface area contributed by atoms with Crippen LogP contribution >= 0.6 is 7.82 Å². The number of aliphatic hydroxyl groups excluding tert-OH is 3. The van der Waals surface area contributed by atoms with Crippen molar-refractivity contribution in [3.8, 4) is 0 Å². The fourth-order valence-corrected chi connectivity index (χ4v) is 6.21. The number of hydrogen-bond acceptors (Lipinski definition) is 10. The SMILES string of the molecule is CC/C=C/C/C=C/C=C/C(O)CCCCCCCC(=O)O[C@H](COC(=O)CCCCCCCCCCCCCC(C)C)COP(=O)(O)OC[C@@H](O)CO. The lowest BCUT2D eigenvalue weighted by Gasteiger charge is -2.20. The molecular formula is C41H75O11P. The predicted molar refractivity (Wildman–Crippen MR) is 211 cm³/mol. The molecule has 0 saturated carbocycles. The number of rotatable bonds is 37. The summed E-state index contributed by atoms with van der Waals surface area (Å²) in [5.74, 6) is -0.207. The molecule has 0 saturated heterocycles. The number of allylic oxidation sites excluding steroid dienone is 5. The molecule has 0 fully saturated rings. The van der Waals surface area contributed by atoms with E-state index in [2.05, 4.69) is 37.4 Å². The first-order valence-corrected chi connectivity index (χ1v) is 21.9. The summed E-state index contributed by atoms with van der Waals surface area (Å²) in [6.45, 7) is 4.44. The monoisotopic (exact) mass is 775 g/mol. The number of carbonyl (C=O) groups is 2. The summed E-state index contributed by atoms with van der Waals surface area (Å²) in [7, 11) is -4.64. The molecule has 0 aliphatic heterocycles. The number of esters is 2. The van der Waals surface area contributed by atoms with E-state index in [0.717, 1.165) is 63.7 Å². The molecule has 53 heavy (non-hydrogen) atoms. The zero-order valence-corrected chi connectivity index (χ0v) is 34.1. The Morgan fingerprint density at radius 2 is 1.19 bits per heavy atom. The molecule has 0 spiro atoms. The molecule has 11 nitrogen and oxygen atoms in total. The zero-order valence-electron chi connectivity index (χ0n) is 33.3. The lowest BCUT2D eigenvalue weighted by Crippen LogP contribution is -2.29. The summed E-state index contributed by atoms with van der Waals surface area (Å²) in [4.78, 5) is 34.9. The minimum absolute atomic E-state index is 0.115. The van der Waals surface area contributed by atoms with E-state index in [-0.39, 0.29) is 19.4 Å². The second-order valence-electron chi connectivity index (χ2n) is 14.3. The van der Waals surface area contributed by atoms with Gasteiger partial charge in [0.1, 0.15) is 12.7 Å². The number of hydrogen-bond donors (Lipinski definition) is 4. The van der Waals surface area contributed by atoms with Crippen LogP contribution in [0.25, 0.3) is 0 Å². The number of carbonyl (C=O) groups excluding carboxylic acids is 2. The van der Waals surface area contributed by atoms with Gasteiger partial charge in [0.25, 0.3) is 0 Å². The highest BCUT2D eigenvalue weighted by atomic mass is 31.2. The van der Waals surface area contributed by atoms with E-state index >= 15 is 0 Å². The van der Waals surface area contributed by atoms with Crippen LogP contribution in [0.2, 0.25) is 0 Å². The highest BCUT2D eigenvalue weighted by molar-refractivity contribution is 7.47. The van der Waals surface area contributed by atoms with Crippen molar-refractivity contribution in [1.29, 1.82) is 0 Å². The van der Waals surface area contributed by atoms with E-state index in [1.807, 2.05) is 18.2 Å². The van der Waals surface area contributed by atoms with Gasteiger partial charge in [-0.2, -0.15) is 0 Å². The van der Waals surface area contributed by atoms with Crippen molar-refractivity contribution in [2.75, 3.05) is 26.4 Å². The summed E-state index contributed by atoms with van der Waals surface area (Å²) in [6, 6.07) is 0. The van der Waals surface area contributed by atoms with Gasteiger partial charge in [0.15, 0.2) is 6.10 Å². The Morgan fingerprint density at radius 1 is 0.660 bits per heavy atom. The van der Waals surface area contributed by atoms with Crippen molar-refractivity contribution in [3.63, 3.8) is 0 Å². The molecule has 310 valence electrons. The Bertz CT molecular complexity index is 1010. The van der Waals surface area contributed by atoms with Crippen LogP contribution in [-0.2, 0) is 32.7 Å². The Morgan fingerprint density at radius 3 is 1.75 bits per heavy atom. The third kappa shape index (κ3) is 36.9. The topological polar surface area (TPSA) is 169 Å². The smallest absolute Gasteiger partial charge is 0.462 e. The van der Waals surface area contributed by atoms with Crippen LogP contribution in [0.15, 0.2) is 36.5 Å². The maximum atomic E-state index is 12.6. The maximum Gasteiger partial charge on any atom is 0.472 e. The first-order chi connectivity index (χ1) is 25.5. The van der Waals surface area contributed by atoms with Crippen molar-refractivity contribution in [2.24, 2.45) is 5.92 Å². The molecule has 0 aromatic heterocycles. The van der Waals surface area contributed by atoms with E-state index < -0.39 is 57.9 Å². The minimum Gasteiger partial charge on any atom is -0.462 e. The Kier molecular flexibility index (Phi) is 34.6. The predicted octanol–water partition coefficient (Wildman–Crippen LogP) is 9.22. The van der Waals surface area contributed by atoms with Crippen LogP contribution in [0.1, 0.15) is 162 Å². The molecule has 0 rings (SSSR count). The van der Waals surface area contributed by atoms with Gasteiger partial charge >= 0.3 is 19.8 Å². The Labute approximate surface area is 321 Å². The quantitative estimate of drug-likeness (QED) is 0.0156. The number of unbranched alkanes of at least 4 members (excludes halogenated alkanes) is 14. The van der Waals surface area contributed by atoms with Gasteiger partial charge in [-0.1, -0.05) is 154 Å². The second-order valence-corrected chi connectivity index (χ2v) is 15.8. The van der Waals surface area contributed by atoms with Gasteiger partial charge in [0.05, 0.1) is 25.9 Å². The normalized spacial score (nSPS) is 15.0. The number of phosphoric ester groups is 1. The zero-order chi connectivity index (χ0) is 39.4. The van der Waals surface area contributed by atoms with E-state index in [4.69, 9.17) is 19.1 Å². The number of aliphatic hydroxyl groups is 3. The van der Waals surface area contributed by atoms with Crippen molar-refractivity contribution in [1.82, 2.24) is 0 Å². The Balaban J connectivity index is 4.42. The molecule has 12 heteroatoms. The summed E-state index contributed by atoms with van der Waals surface area (Å²) in [6.07, 6.45) is 30.0. The highest BCUT2D eigenvalue weighted by Crippen LogP contribution is 2.43. The largest absolute Gasteiger partial charge is 0.472 e. The van der Waals surface area contributed by atoms with Crippen LogP contribution < -0.4 is 0 Å². The average Bonchev–Trinajstić information content (AvgIpc) is 3.12. The molecule has 0 heterocycles. The van der Waals surface area contributed by atoms with Crippen molar-refractivity contribution in [2.45, 2.75) is 180 Å². The van der Waals surface area contributed by atoms with Gasteiger partial charge in [-0.05, 0) is 38.0 Å². The highest BCUT2D eigenvalue weighted by Gasteiger charge is 2.27. The van der Waals surface area contributed by atoms with Gasteiger partial charge in [0.2, 0.25) is 0 Å². The molecule has 0 aliphatic carbocycles. The van der Waals surface area contributed by atoms with Crippen LogP contribution in [-0.4, -0.2) is 76.9 Å². The van der Waals surface area contributed by atoms with Gasteiger partial charge in [-0.25, -0.2) is 4.57 Å². The van der Waals surface area contributed by atoms with Crippen LogP contribution in [0.4, 0.5) is 0 Å². The summed E-state index contributed by atoms with van der Waals surface area (Å²) < 4.78 is 32.6. The van der Waals surface area contributed by atoms with Gasteiger partial charge in [-0.15, -0.1) is 0 Å². The standard InChI is InChI=1S/C41H75O11P/c1-4-5-6-7-13-18-23-28-37(43)29-24-19-16-21-26-31-41(46)52-39(35-51-53(47,48)50-33-38(44)32-42)34-49-40(45)30-25-20-15-12-10-8-9-11-14-17-22-27-36(2)3/h5-6,13,18,23,28,36-39,42-44H,4,7-12,14-17,19-22,24-27,29-35H2,1-3H3,(H,47,48)/b6-5+,18-13+,28-23+/t37?,38-,39+/m0/s1. The Hall–Kier alpha value is -1.85. The maximum absolute atomic E-state index is 12.6. The molecular weight excluding hydrogens is 699 g/mol. The van der Waals surface area contributed by atoms with E-state index in [1.165, 1.54) is 51.4 Å². The van der Waals surface area contributed by atoms with Crippen LogP contribution in [0, 0.1) is 5.92 Å².